The van der Waals surface area contributed by atoms with Crippen LogP contribution in [0, 0.1) is 0 Å². The van der Waals surface area contributed by atoms with Crippen LogP contribution in [-0.2, 0) is 10.8 Å². The van der Waals surface area contributed by atoms with Gasteiger partial charge < -0.3 is 0 Å². The van der Waals surface area contributed by atoms with Gasteiger partial charge >= 0.3 is 0 Å². The van der Waals surface area contributed by atoms with E-state index >= 15 is 0 Å². The number of hydrogen-bond donors (Lipinski definition) is 0. The van der Waals surface area contributed by atoms with E-state index in [0.717, 1.165) is 111 Å². The molecule has 8 heteroatoms. The fraction of sp³-hybridized carbons (Fsp3) is 0.0175. The number of benzene rings is 17. The van der Waals surface area contributed by atoms with Crippen LogP contribution in [0.4, 0.5) is 0 Å². The molecule has 0 radical (unpaired) electrons. The molecule has 6 nitrogen and oxygen atoms in total. The van der Waals surface area contributed by atoms with Gasteiger partial charge in [-0.05, 0) is 161 Å². The average molecular weight is 1590 g/mol. The van der Waals surface area contributed by atoms with Gasteiger partial charge in [0, 0.05) is 85.6 Å². The van der Waals surface area contributed by atoms with E-state index in [9.17, 15) is 0 Å². The van der Waals surface area contributed by atoms with Crippen LogP contribution in [0.5, 0.6) is 0 Å². The Hall–Kier alpha value is -15.1. The Labute approximate surface area is 714 Å². The van der Waals surface area contributed by atoms with Gasteiger partial charge in [-0.3, -0.25) is 0 Å². The number of aromatic nitrogens is 6. The van der Waals surface area contributed by atoms with Gasteiger partial charge in [-0.2, -0.15) is 0 Å². The predicted octanol–water partition coefficient (Wildman–Crippen LogP) is 29.0. The first-order valence-corrected chi connectivity index (χ1v) is 43.1. The Kier molecular flexibility index (Phi) is 16.8. The third-order valence-electron chi connectivity index (χ3n) is 25.1. The maximum Gasteiger partial charge on any atom is 0.160 e. The maximum atomic E-state index is 5.48. The summed E-state index contributed by atoms with van der Waals surface area (Å²) < 4.78 is 0. The fourth-order valence-electron chi connectivity index (χ4n) is 19.7. The predicted molar refractivity (Wildman–Crippen MR) is 501 cm³/mol. The highest BCUT2D eigenvalue weighted by molar-refractivity contribution is 7.99. The van der Waals surface area contributed by atoms with Gasteiger partial charge in [0.2, 0.25) is 0 Å². The minimum atomic E-state index is -0.466. The minimum Gasteiger partial charge on any atom is -0.247 e. The minimum absolute atomic E-state index is 0.455. The van der Waals surface area contributed by atoms with Crippen LogP contribution < -0.4 is 0 Å². The van der Waals surface area contributed by atoms with Crippen molar-refractivity contribution in [1.29, 1.82) is 0 Å². The van der Waals surface area contributed by atoms with Crippen molar-refractivity contribution in [3.8, 4) is 124 Å². The van der Waals surface area contributed by atoms with Gasteiger partial charge in [0.05, 0.1) is 56.0 Å². The molecule has 122 heavy (non-hydrogen) atoms. The number of hydrogen-bond acceptors (Lipinski definition) is 8. The molecule has 0 saturated heterocycles. The molecule has 4 aliphatic rings. The molecule has 2 aliphatic heterocycles. The summed E-state index contributed by atoms with van der Waals surface area (Å²) in [5.74, 6) is 1.39. The second-order valence-electron chi connectivity index (χ2n) is 31.7. The van der Waals surface area contributed by atoms with E-state index in [0.29, 0.717) is 11.6 Å². The topological polar surface area (TPSA) is 77.3 Å². The summed E-state index contributed by atoms with van der Waals surface area (Å²) in [6, 6.07) is 153. The van der Waals surface area contributed by atoms with E-state index < -0.39 is 10.8 Å². The van der Waals surface area contributed by atoms with Gasteiger partial charge in [-0.15, -0.1) is 0 Å². The first-order chi connectivity index (χ1) is 60.4. The molecule has 0 unspecified atom stereocenters. The molecule has 0 atom stereocenters. The standard InChI is InChI=1S/C60H37N3S.C54H33N3S/c1-3-16-38(17-4-1)39-30-32-40(33-31-39)54-37-55(63-59(62-54)41-18-5-2-6-19-41)42-20-15-21-43(34-42)58-48-36-57-52(35-47(48)46-24-9-13-28-53(46)61-58)60(51-27-12-14-29-56(51)64-57)49-25-10-7-22-44(49)45-23-8-11-26-50(45)60;1-3-16-34(17-4-1)48-33-49(57-53(56-48)35-18-5-2-6-19-35)36-20-15-21-37(30-36)52-42-32-51-46(31-41(42)40-24-9-13-28-47(40)55-52)54(45-27-12-14-29-50(45)58-51)43-25-10-7-22-38(43)39-23-8-11-26-44(39)54/h1-37H;1-33H. The van der Waals surface area contributed by atoms with Crippen LogP contribution in [0.3, 0.4) is 0 Å². The van der Waals surface area contributed by atoms with Gasteiger partial charge in [0.1, 0.15) is 0 Å². The highest BCUT2D eigenvalue weighted by Crippen LogP contribution is 2.65. The third kappa shape index (κ3) is 11.4. The van der Waals surface area contributed by atoms with Crippen LogP contribution in [0.1, 0.15) is 44.5 Å². The molecule has 2 spiro atoms. The number of fused-ring (bicyclic) bond motifs is 24. The molecular weight excluding hydrogens is 1520 g/mol. The SMILES string of the molecule is c1ccc(-c2cc(-c3cccc(-c4nc5ccccc5c5cc6c(cc45)Sc4ccccc4C64c5ccccc5-c5ccccc54)c3)nc(-c3ccccc3)n2)cc1.c1ccc(-c2ccc(-c3cc(-c4cccc(-c5nc6ccccc6c6cc7c(cc56)Sc5ccccc5C75c6ccccc6-c6ccccc65)c4)nc(-c4ccccc4)n3)cc2)cc1. The van der Waals surface area contributed by atoms with E-state index in [1.54, 1.807) is 0 Å². The summed E-state index contributed by atoms with van der Waals surface area (Å²) in [4.78, 5) is 36.6. The first-order valence-electron chi connectivity index (χ1n) is 41.4. The van der Waals surface area contributed by atoms with E-state index in [4.69, 9.17) is 29.9 Å². The zero-order valence-electron chi connectivity index (χ0n) is 65.9. The normalized spacial score (nSPS) is 13.1. The van der Waals surface area contributed by atoms with Gasteiger partial charge in [0.25, 0.3) is 0 Å². The third-order valence-corrected chi connectivity index (χ3v) is 27.3. The maximum absolute atomic E-state index is 5.48. The lowest BCUT2D eigenvalue weighted by Crippen LogP contribution is -2.32. The zero-order valence-corrected chi connectivity index (χ0v) is 67.5. The number of pyridine rings is 2. The van der Waals surface area contributed by atoms with Crippen LogP contribution in [0.15, 0.2) is 444 Å². The summed E-state index contributed by atoms with van der Waals surface area (Å²) in [5.41, 5.74) is 32.8. The van der Waals surface area contributed by atoms with Gasteiger partial charge in [-0.1, -0.05) is 375 Å². The average Bonchev–Trinajstić information content (AvgIpc) is 1.49. The van der Waals surface area contributed by atoms with Crippen molar-refractivity contribution in [2.75, 3.05) is 0 Å². The zero-order chi connectivity index (χ0) is 80.4. The summed E-state index contributed by atoms with van der Waals surface area (Å²) in [5, 5.41) is 6.95. The molecule has 2 aliphatic carbocycles. The van der Waals surface area contributed by atoms with Crippen LogP contribution in [0.25, 0.3) is 167 Å². The fourth-order valence-corrected chi connectivity index (χ4v) is 22.1. The van der Waals surface area contributed by atoms with Crippen molar-refractivity contribution in [1.82, 2.24) is 29.9 Å². The molecule has 568 valence electrons. The second kappa shape index (κ2) is 28.9. The van der Waals surface area contributed by atoms with E-state index in [2.05, 4.69) is 376 Å². The Morgan fingerprint density at radius 2 is 0.459 bits per heavy atom. The van der Waals surface area contributed by atoms with Crippen molar-refractivity contribution in [2.24, 2.45) is 0 Å². The molecule has 21 aromatic rings. The number of rotatable bonds is 9. The monoisotopic (exact) mass is 1590 g/mol. The highest BCUT2D eigenvalue weighted by Gasteiger charge is 2.52. The molecule has 0 bridgehead atoms. The van der Waals surface area contributed by atoms with Crippen LogP contribution in [-0.4, -0.2) is 29.9 Å². The van der Waals surface area contributed by atoms with Crippen LogP contribution >= 0.6 is 23.5 Å². The second-order valence-corrected chi connectivity index (χ2v) is 33.9. The number of para-hydroxylation sites is 2. The molecule has 0 amide bonds. The van der Waals surface area contributed by atoms with E-state index in [-0.39, 0.29) is 0 Å². The van der Waals surface area contributed by atoms with Crippen LogP contribution in [0.2, 0.25) is 0 Å². The molecule has 0 saturated carbocycles. The van der Waals surface area contributed by atoms with Gasteiger partial charge in [-0.25, -0.2) is 29.9 Å². The Bertz CT molecular complexity index is 7680. The molecule has 4 aromatic heterocycles. The number of nitrogens with zero attached hydrogens (tertiary/aromatic N) is 6. The molecule has 17 aromatic carbocycles. The van der Waals surface area contributed by atoms with Crippen molar-refractivity contribution < 1.29 is 0 Å². The first kappa shape index (κ1) is 71.1. The Balaban J connectivity index is 0.000000139. The molecule has 0 N–H and O–H groups in total. The Morgan fingerprint density at radius 3 is 0.869 bits per heavy atom. The summed E-state index contributed by atoms with van der Waals surface area (Å²) in [6.07, 6.45) is 0. The summed E-state index contributed by atoms with van der Waals surface area (Å²) in [6.45, 7) is 0. The largest absolute Gasteiger partial charge is 0.247 e. The van der Waals surface area contributed by atoms with E-state index in [1.807, 2.05) is 72.1 Å². The van der Waals surface area contributed by atoms with Crippen molar-refractivity contribution >= 4 is 66.9 Å². The quantitative estimate of drug-likeness (QED) is 0.132. The smallest absolute Gasteiger partial charge is 0.160 e. The summed E-state index contributed by atoms with van der Waals surface area (Å²) >= 11 is 3.74. The molecule has 25 rings (SSSR count). The lowest BCUT2D eigenvalue weighted by molar-refractivity contribution is 0.724. The Morgan fingerprint density at radius 1 is 0.164 bits per heavy atom. The lowest BCUT2D eigenvalue weighted by atomic mass is 9.67. The van der Waals surface area contributed by atoms with Crippen molar-refractivity contribution in [3.05, 3.63) is 469 Å². The van der Waals surface area contributed by atoms with Crippen molar-refractivity contribution in [3.63, 3.8) is 0 Å². The lowest BCUT2D eigenvalue weighted by Gasteiger charge is -2.40. The van der Waals surface area contributed by atoms with Crippen molar-refractivity contribution in [2.45, 2.75) is 30.4 Å². The molecule has 6 heterocycles. The molecular formula is C114H70N6S2. The van der Waals surface area contributed by atoms with E-state index in [1.165, 1.54) is 108 Å². The molecule has 0 fully saturated rings. The highest BCUT2D eigenvalue weighted by atomic mass is 32.2. The summed E-state index contributed by atoms with van der Waals surface area (Å²) in [7, 11) is 0. The van der Waals surface area contributed by atoms with Gasteiger partial charge in [0.15, 0.2) is 11.6 Å².